The molecule has 0 aliphatic heterocycles. The highest BCUT2D eigenvalue weighted by Crippen LogP contribution is 2.24. The summed E-state index contributed by atoms with van der Waals surface area (Å²) in [5.41, 5.74) is 0.907. The standard InChI is InChI=1S/C34H57N3O6/c1-5-7-9-11-13-15-17-19-23-35-33(40)28-21-22-29(34(41)36-24-20-18-16-14-12-10-8-6-2)30(25-28)37(26-31(38)42-3)27-32(39)43-4/h21-22,25H,5-20,23-24,26-27H2,1-4H3,(H,35,40)(H,36,41). The molecule has 9 nitrogen and oxygen atoms in total. The number of methoxy groups -OCH3 is 2. The van der Waals surface area contributed by atoms with E-state index in [2.05, 4.69) is 24.5 Å². The van der Waals surface area contributed by atoms with E-state index >= 15 is 0 Å². The molecule has 43 heavy (non-hydrogen) atoms. The fourth-order valence-corrected chi connectivity index (χ4v) is 4.91. The molecule has 1 rings (SSSR count). The Morgan fingerprint density at radius 1 is 0.605 bits per heavy atom. The van der Waals surface area contributed by atoms with Crippen molar-refractivity contribution in [2.75, 3.05) is 45.3 Å². The Bertz CT molecular complexity index is 934. The maximum atomic E-state index is 13.3. The average Bonchev–Trinajstić information content (AvgIpc) is 3.02. The topological polar surface area (TPSA) is 114 Å². The summed E-state index contributed by atoms with van der Waals surface area (Å²) in [5, 5.41) is 5.92. The summed E-state index contributed by atoms with van der Waals surface area (Å²) >= 11 is 0. The number of amides is 2. The predicted octanol–water partition coefficient (Wildman–Crippen LogP) is 6.58. The first-order valence-corrected chi connectivity index (χ1v) is 16.5. The van der Waals surface area contributed by atoms with E-state index in [-0.39, 0.29) is 30.5 Å². The molecule has 0 atom stereocenters. The highest BCUT2D eigenvalue weighted by molar-refractivity contribution is 6.03. The number of rotatable bonds is 25. The zero-order valence-electron chi connectivity index (χ0n) is 27.3. The molecule has 0 unspecified atom stereocenters. The number of ether oxygens (including phenoxy) is 2. The SMILES string of the molecule is CCCCCCCCCCNC(=O)c1ccc(C(=O)NCCCCCCCCCC)c(N(CC(=O)OC)CC(=O)OC)c1. The number of nitrogens with zero attached hydrogens (tertiary/aromatic N) is 1. The minimum Gasteiger partial charge on any atom is -0.468 e. The highest BCUT2D eigenvalue weighted by Gasteiger charge is 2.23. The number of carbonyl (C=O) groups is 4. The van der Waals surface area contributed by atoms with Crippen molar-refractivity contribution in [3.05, 3.63) is 29.3 Å². The maximum Gasteiger partial charge on any atom is 0.325 e. The second kappa shape index (κ2) is 24.4. The quantitative estimate of drug-likeness (QED) is 0.0958. The number of esters is 2. The summed E-state index contributed by atoms with van der Waals surface area (Å²) in [5.74, 6) is -1.77. The summed E-state index contributed by atoms with van der Waals surface area (Å²) < 4.78 is 9.66. The Morgan fingerprint density at radius 2 is 1.02 bits per heavy atom. The highest BCUT2D eigenvalue weighted by atomic mass is 16.5. The van der Waals surface area contributed by atoms with Crippen LogP contribution in [0.5, 0.6) is 0 Å². The number of hydrogen-bond acceptors (Lipinski definition) is 7. The van der Waals surface area contributed by atoms with E-state index in [0.717, 1.165) is 38.5 Å². The van der Waals surface area contributed by atoms with Crippen LogP contribution in [0.1, 0.15) is 137 Å². The maximum absolute atomic E-state index is 13.3. The molecule has 244 valence electrons. The van der Waals surface area contributed by atoms with Gasteiger partial charge < -0.3 is 25.0 Å². The number of carbonyl (C=O) groups excluding carboxylic acids is 4. The van der Waals surface area contributed by atoms with E-state index in [1.807, 2.05) is 0 Å². The molecule has 0 aliphatic rings. The molecule has 0 aliphatic carbocycles. The van der Waals surface area contributed by atoms with Crippen LogP contribution in [0.3, 0.4) is 0 Å². The average molecular weight is 604 g/mol. The van der Waals surface area contributed by atoms with Crippen LogP contribution in [0.15, 0.2) is 18.2 Å². The van der Waals surface area contributed by atoms with Crippen molar-refractivity contribution in [2.24, 2.45) is 0 Å². The minimum absolute atomic E-state index is 0.270. The van der Waals surface area contributed by atoms with Gasteiger partial charge in [-0.25, -0.2) is 0 Å². The number of hydrogen-bond donors (Lipinski definition) is 2. The lowest BCUT2D eigenvalue weighted by Gasteiger charge is -2.25. The second-order valence-corrected chi connectivity index (χ2v) is 11.2. The third-order valence-corrected chi connectivity index (χ3v) is 7.57. The van der Waals surface area contributed by atoms with E-state index < -0.39 is 11.9 Å². The van der Waals surface area contributed by atoms with Crippen molar-refractivity contribution >= 4 is 29.4 Å². The number of unbranched alkanes of at least 4 members (excludes halogenated alkanes) is 14. The third-order valence-electron chi connectivity index (χ3n) is 7.57. The third kappa shape index (κ3) is 17.0. The summed E-state index contributed by atoms with van der Waals surface area (Å²) in [6.07, 6.45) is 18.7. The molecular formula is C34H57N3O6. The molecule has 9 heteroatoms. The van der Waals surface area contributed by atoms with Gasteiger partial charge in [0.05, 0.1) is 25.5 Å². The molecule has 0 fully saturated rings. The number of benzene rings is 1. The van der Waals surface area contributed by atoms with Gasteiger partial charge in [0.1, 0.15) is 13.1 Å². The monoisotopic (exact) mass is 603 g/mol. The molecule has 2 N–H and O–H groups in total. The first-order valence-electron chi connectivity index (χ1n) is 16.5. The van der Waals surface area contributed by atoms with Gasteiger partial charge in [-0.3, -0.25) is 19.2 Å². The van der Waals surface area contributed by atoms with Crippen LogP contribution in [-0.2, 0) is 19.1 Å². The van der Waals surface area contributed by atoms with Crippen LogP contribution in [0.2, 0.25) is 0 Å². The van der Waals surface area contributed by atoms with Gasteiger partial charge in [0, 0.05) is 18.7 Å². The molecular weight excluding hydrogens is 546 g/mol. The van der Waals surface area contributed by atoms with Crippen LogP contribution in [-0.4, -0.2) is 64.2 Å². The largest absolute Gasteiger partial charge is 0.468 e. The molecule has 0 aromatic heterocycles. The smallest absolute Gasteiger partial charge is 0.325 e. The van der Waals surface area contributed by atoms with Crippen molar-refractivity contribution in [3.8, 4) is 0 Å². The van der Waals surface area contributed by atoms with Gasteiger partial charge in [-0.05, 0) is 31.0 Å². The van der Waals surface area contributed by atoms with E-state index in [1.54, 1.807) is 18.2 Å². The second-order valence-electron chi connectivity index (χ2n) is 11.2. The van der Waals surface area contributed by atoms with Gasteiger partial charge in [0.25, 0.3) is 11.8 Å². The Kier molecular flexibility index (Phi) is 21.5. The molecule has 0 saturated carbocycles. The van der Waals surface area contributed by atoms with E-state index in [0.29, 0.717) is 24.3 Å². The lowest BCUT2D eigenvalue weighted by molar-refractivity contribution is -0.140. The fraction of sp³-hybridized carbons (Fsp3) is 0.706. The number of anilines is 1. The van der Waals surface area contributed by atoms with E-state index in [1.165, 1.54) is 83.3 Å². The van der Waals surface area contributed by atoms with Gasteiger partial charge in [0.2, 0.25) is 0 Å². The zero-order chi connectivity index (χ0) is 31.7. The van der Waals surface area contributed by atoms with Crippen LogP contribution in [0, 0.1) is 0 Å². The lowest BCUT2D eigenvalue weighted by Crippen LogP contribution is -2.38. The summed E-state index contributed by atoms with van der Waals surface area (Å²) in [4.78, 5) is 52.1. The zero-order valence-corrected chi connectivity index (χ0v) is 27.3. The molecule has 0 heterocycles. The first kappa shape index (κ1) is 37.9. The van der Waals surface area contributed by atoms with Crippen molar-refractivity contribution < 1.29 is 28.7 Å². The lowest BCUT2D eigenvalue weighted by atomic mass is 10.1. The van der Waals surface area contributed by atoms with E-state index in [4.69, 9.17) is 9.47 Å². The minimum atomic E-state index is -0.584. The van der Waals surface area contributed by atoms with Crippen LogP contribution in [0.4, 0.5) is 5.69 Å². The molecule has 0 spiro atoms. The molecule has 1 aromatic carbocycles. The van der Waals surface area contributed by atoms with Crippen LogP contribution in [0.25, 0.3) is 0 Å². The normalized spacial score (nSPS) is 10.7. The first-order chi connectivity index (χ1) is 20.9. The summed E-state index contributed by atoms with van der Waals surface area (Å²) in [6.45, 7) is 4.92. The van der Waals surface area contributed by atoms with Crippen molar-refractivity contribution in [2.45, 2.75) is 117 Å². The van der Waals surface area contributed by atoms with Crippen molar-refractivity contribution in [1.82, 2.24) is 10.6 Å². The molecule has 1 aromatic rings. The predicted molar refractivity (Wildman–Crippen MR) is 173 cm³/mol. The Morgan fingerprint density at radius 3 is 1.47 bits per heavy atom. The van der Waals surface area contributed by atoms with Crippen molar-refractivity contribution in [3.63, 3.8) is 0 Å². The Hall–Kier alpha value is -3.10. The van der Waals surface area contributed by atoms with Crippen LogP contribution >= 0.6 is 0 Å². The molecule has 0 saturated heterocycles. The Balaban J connectivity index is 2.89. The molecule has 0 bridgehead atoms. The van der Waals surface area contributed by atoms with Crippen molar-refractivity contribution in [1.29, 1.82) is 0 Å². The van der Waals surface area contributed by atoms with Gasteiger partial charge >= 0.3 is 11.9 Å². The van der Waals surface area contributed by atoms with Crippen LogP contribution < -0.4 is 15.5 Å². The van der Waals surface area contributed by atoms with Gasteiger partial charge in [-0.1, -0.05) is 104 Å². The van der Waals surface area contributed by atoms with E-state index in [9.17, 15) is 19.2 Å². The van der Waals surface area contributed by atoms with Gasteiger partial charge in [-0.2, -0.15) is 0 Å². The number of nitrogens with one attached hydrogen (secondary N) is 2. The molecule has 2 amide bonds. The summed E-state index contributed by atoms with van der Waals surface area (Å²) in [7, 11) is 2.51. The Labute approximate surface area is 259 Å². The molecule has 0 radical (unpaired) electrons. The summed E-state index contributed by atoms with van der Waals surface area (Å²) in [6, 6.07) is 4.73. The van der Waals surface area contributed by atoms with Gasteiger partial charge in [0.15, 0.2) is 0 Å². The fourth-order valence-electron chi connectivity index (χ4n) is 4.91. The van der Waals surface area contributed by atoms with Gasteiger partial charge in [-0.15, -0.1) is 0 Å².